The molecule has 0 saturated heterocycles. The van der Waals surface area contributed by atoms with Gasteiger partial charge in [-0.2, -0.15) is 18.2 Å². The molecule has 0 saturated carbocycles. The largest absolute Gasteiger partial charge is 0.520 e. The molecule has 0 aliphatic carbocycles. The van der Waals surface area contributed by atoms with Gasteiger partial charge in [0.25, 0.3) is 0 Å². The fourth-order valence-electron chi connectivity index (χ4n) is 1.22. The van der Waals surface area contributed by atoms with E-state index in [4.69, 9.17) is 4.74 Å². The molecule has 1 aromatic carbocycles. The number of ether oxygens (including phenoxy) is 2. The van der Waals surface area contributed by atoms with Gasteiger partial charge in [0.05, 0.1) is 13.7 Å². The molecule has 0 unspecified atom stereocenters. The summed E-state index contributed by atoms with van der Waals surface area (Å²) in [6.45, 7) is 1.80. The summed E-state index contributed by atoms with van der Waals surface area (Å²) >= 11 is 0. The first-order chi connectivity index (χ1) is 8.67. The van der Waals surface area contributed by atoms with Crippen LogP contribution in [0, 0.1) is 6.07 Å². The van der Waals surface area contributed by atoms with Gasteiger partial charge in [-0.15, -0.1) is 6.07 Å². The summed E-state index contributed by atoms with van der Waals surface area (Å²) < 4.78 is 9.73. The van der Waals surface area contributed by atoms with Gasteiger partial charge in [-0.25, -0.2) is 4.79 Å². The summed E-state index contributed by atoms with van der Waals surface area (Å²) in [4.78, 5) is 22.5. The maximum Gasteiger partial charge on any atom is 0.325 e. The smallest absolute Gasteiger partial charge is 0.325 e. The van der Waals surface area contributed by atoms with Crippen molar-refractivity contribution in [1.82, 2.24) is 5.32 Å². The van der Waals surface area contributed by atoms with Gasteiger partial charge < -0.3 is 20.1 Å². The number of rotatable bonds is 5. The summed E-state index contributed by atoms with van der Waals surface area (Å²) in [5.74, 6) is 0.0271. The second-order valence-corrected chi connectivity index (χ2v) is 3.24. The maximum absolute atomic E-state index is 11.5. The van der Waals surface area contributed by atoms with Crippen LogP contribution in [0.1, 0.15) is 6.92 Å². The average Bonchev–Trinajstić information content (AvgIpc) is 2.37. The Labute approximate surface area is 105 Å². The van der Waals surface area contributed by atoms with Crippen molar-refractivity contribution in [3.8, 4) is 5.75 Å². The van der Waals surface area contributed by atoms with E-state index in [-0.39, 0.29) is 13.2 Å². The molecule has 6 nitrogen and oxygen atoms in total. The average molecular weight is 503 g/mol. The van der Waals surface area contributed by atoms with Crippen molar-refractivity contribution in [2.75, 3.05) is 25.6 Å². The molecule has 109 valence electrons. The SMILES string of the molecule is CCOC(=O)CNC(=O)Nc1c[c-]ccc1OC.[Es]. The molecular formula is C12H15EsN2O4-. The van der Waals surface area contributed by atoms with Gasteiger partial charge in [0.15, 0.2) is 0 Å². The number of benzene rings is 1. The van der Waals surface area contributed by atoms with Crippen molar-refractivity contribution in [3.05, 3.63) is 24.3 Å². The third-order valence-corrected chi connectivity index (χ3v) is 1.99. The van der Waals surface area contributed by atoms with Crippen molar-refractivity contribution < 1.29 is 19.1 Å². The molecule has 0 aromatic heterocycles. The Hall–Kier alpha value is -3.24. The number of amides is 2. The molecular weight excluding hydrogens is 488 g/mol. The Morgan fingerprint density at radius 2 is 2.16 bits per heavy atom. The van der Waals surface area contributed by atoms with Gasteiger partial charge in [0.2, 0.25) is 0 Å². The van der Waals surface area contributed by atoms with Crippen LogP contribution < -0.4 is 15.4 Å². The first-order valence-corrected chi connectivity index (χ1v) is 5.42. The molecule has 0 fully saturated rings. The van der Waals surface area contributed by atoms with E-state index in [1.165, 1.54) is 7.11 Å². The Morgan fingerprint density at radius 1 is 1.42 bits per heavy atom. The standard InChI is InChI=1S/C12H15N2O4.Es/c1-3-18-11(15)8-13-12(16)14-9-6-4-5-7-10(9)17-2;/h5-7H,3,8H2,1-2H3,(H2,13,14,16);/q-1;. The second-order valence-electron chi connectivity index (χ2n) is 3.24. The number of urea groups is 1. The van der Waals surface area contributed by atoms with E-state index < -0.39 is 12.0 Å². The number of carbonyl (C=O) groups is 2. The van der Waals surface area contributed by atoms with Crippen LogP contribution in [0.4, 0.5) is 10.5 Å². The molecule has 0 aliphatic heterocycles. The molecule has 0 atom stereocenters. The minimum absolute atomic E-state index is 0. The monoisotopic (exact) mass is 503 g/mol. The van der Waals surface area contributed by atoms with Crippen LogP contribution in [-0.2, 0) is 9.53 Å². The third kappa shape index (κ3) is 5.08. The summed E-state index contributed by atoms with van der Waals surface area (Å²) in [5, 5.41) is 4.92. The van der Waals surface area contributed by atoms with E-state index in [1.54, 1.807) is 25.1 Å². The van der Waals surface area contributed by atoms with Gasteiger partial charge >= 0.3 is 12.0 Å². The third-order valence-electron chi connectivity index (χ3n) is 1.99. The quantitative estimate of drug-likeness (QED) is 0.468. The summed E-state index contributed by atoms with van der Waals surface area (Å²) in [6, 6.07) is 7.21. The van der Waals surface area contributed by atoms with Crippen molar-refractivity contribution >= 4 is 17.7 Å². The fraction of sp³-hybridized carbons (Fsp3) is 0.333. The summed E-state index contributed by atoms with van der Waals surface area (Å²) in [6.07, 6.45) is 0. The van der Waals surface area contributed by atoms with Crippen LogP contribution in [0.3, 0.4) is 0 Å². The Balaban J connectivity index is 0.00000324. The molecule has 1 rings (SSSR count). The Bertz CT molecular complexity index is 426. The topological polar surface area (TPSA) is 76.7 Å². The number of methoxy groups -OCH3 is 1. The predicted molar refractivity (Wildman–Crippen MR) is 65.5 cm³/mol. The molecule has 0 aliphatic rings. The normalized spacial score (nSPS) is 8.95. The van der Waals surface area contributed by atoms with Crippen LogP contribution >= 0.6 is 0 Å². The number of nitrogens with one attached hydrogen (secondary N) is 2. The minimum Gasteiger partial charge on any atom is -0.520 e. The molecule has 0 spiro atoms. The molecule has 2 N–H and O–H groups in total. The van der Waals surface area contributed by atoms with Crippen LogP contribution in [-0.4, -0.2) is 32.3 Å². The van der Waals surface area contributed by atoms with Gasteiger partial charge in [0, 0.05) is 5.75 Å². The molecule has 1 aromatic rings. The van der Waals surface area contributed by atoms with Crippen LogP contribution in [0.2, 0.25) is 0 Å². The van der Waals surface area contributed by atoms with E-state index in [9.17, 15) is 9.59 Å². The van der Waals surface area contributed by atoms with Gasteiger partial charge in [-0.05, 0) is 12.6 Å². The second kappa shape index (κ2) is 7.94. The van der Waals surface area contributed by atoms with Gasteiger partial charge in [0.1, 0.15) is 6.54 Å². The number of esters is 1. The number of hydrogen-bond acceptors (Lipinski definition) is 4. The molecule has 0 bridgehead atoms. The van der Waals surface area contributed by atoms with E-state index in [0.717, 1.165) is 0 Å². The van der Waals surface area contributed by atoms with Crippen molar-refractivity contribution in [2.24, 2.45) is 0 Å². The molecule has 0 heterocycles. The first kappa shape index (κ1) is 15.8. The van der Waals surface area contributed by atoms with Crippen molar-refractivity contribution in [1.29, 1.82) is 0 Å². The Kier molecular flexibility index (Phi) is 6.59. The van der Waals surface area contributed by atoms with Gasteiger partial charge in [-0.3, -0.25) is 4.79 Å². The van der Waals surface area contributed by atoms with Crippen LogP contribution in [0.25, 0.3) is 0 Å². The van der Waals surface area contributed by atoms with Gasteiger partial charge in [-0.1, -0.05) is 0 Å². The van der Waals surface area contributed by atoms with Crippen molar-refractivity contribution in [3.63, 3.8) is 0 Å². The fourth-order valence-corrected chi connectivity index (χ4v) is 1.22. The zero-order chi connectivity index (χ0) is 13.4. The maximum atomic E-state index is 11.5. The number of hydrogen-bond donors (Lipinski definition) is 2. The van der Waals surface area contributed by atoms with E-state index in [0.29, 0.717) is 11.4 Å². The minimum atomic E-state index is -0.513. The van der Waals surface area contributed by atoms with Crippen LogP contribution in [0.5, 0.6) is 5.75 Å². The number of anilines is 1. The summed E-state index contributed by atoms with van der Waals surface area (Å²) in [5.41, 5.74) is 0.473. The van der Waals surface area contributed by atoms with E-state index >= 15 is 0 Å². The molecule has 2 amide bonds. The summed E-state index contributed by atoms with van der Waals surface area (Å²) in [7, 11) is 1.50. The Morgan fingerprint density at radius 3 is 2.79 bits per heavy atom. The van der Waals surface area contributed by atoms with Crippen LogP contribution in [0.15, 0.2) is 18.2 Å². The van der Waals surface area contributed by atoms with E-state index in [1.807, 2.05) is 0 Å². The van der Waals surface area contributed by atoms with E-state index in [2.05, 4.69) is 21.4 Å². The molecule has 7 heteroatoms. The molecule has 19 heavy (non-hydrogen) atoms. The zero-order valence-corrected chi connectivity index (χ0v) is 13.1. The zero-order valence-electron chi connectivity index (χ0n) is 10.6. The van der Waals surface area contributed by atoms with Crippen molar-refractivity contribution in [2.45, 2.75) is 6.92 Å². The first-order valence-electron chi connectivity index (χ1n) is 5.42. The number of carbonyl (C=O) groups excluding carboxylic acids is 2. The molecule has 1 radical (unpaired) electrons. The predicted octanol–water partition coefficient (Wildman–Crippen LogP) is 1.18.